The Kier molecular flexibility index (Phi) is 5.06. The Morgan fingerprint density at radius 2 is 2.11 bits per heavy atom. The zero-order valence-corrected chi connectivity index (χ0v) is 15.3. The van der Waals surface area contributed by atoms with E-state index in [4.69, 9.17) is 0 Å². The fourth-order valence-corrected chi connectivity index (χ4v) is 3.65. The van der Waals surface area contributed by atoms with Crippen molar-refractivity contribution in [3.8, 4) is 10.6 Å². The highest BCUT2D eigenvalue weighted by Gasteiger charge is 2.20. The molecular formula is C19H18N6OS. The summed E-state index contributed by atoms with van der Waals surface area (Å²) < 4.78 is 1.76. The minimum atomic E-state index is -0.153. The number of carbonyl (C=O) groups is 1. The highest BCUT2D eigenvalue weighted by atomic mass is 32.1. The molecule has 0 spiro atoms. The van der Waals surface area contributed by atoms with Crippen molar-refractivity contribution in [2.45, 2.75) is 19.0 Å². The Bertz CT molecular complexity index is 979. The topological polar surface area (TPSA) is 88.5 Å². The predicted molar refractivity (Wildman–Crippen MR) is 103 cm³/mol. The van der Waals surface area contributed by atoms with Crippen LogP contribution >= 0.6 is 11.3 Å². The van der Waals surface area contributed by atoms with E-state index in [1.165, 1.54) is 6.33 Å². The van der Waals surface area contributed by atoms with Gasteiger partial charge in [-0.2, -0.15) is 10.2 Å². The standard InChI is InChI=1S/C19H18N6OS/c26-19(15-11-21-24-18(15)17-7-4-10-27-17)23-16(14-5-2-1-3-6-14)8-9-25-13-20-12-22-25/h1-7,10-13,16H,8-9H2,(H,21,24)(H,23,26)/t16-/m1/s1. The lowest BCUT2D eigenvalue weighted by molar-refractivity contribution is 0.0934. The third-order valence-electron chi connectivity index (χ3n) is 4.27. The number of H-pyrrole nitrogens is 1. The number of carbonyl (C=O) groups excluding carboxylic acids is 1. The average molecular weight is 378 g/mol. The minimum absolute atomic E-state index is 0.144. The molecule has 4 rings (SSSR count). The van der Waals surface area contributed by atoms with Crippen LogP contribution in [0.3, 0.4) is 0 Å². The maximum Gasteiger partial charge on any atom is 0.255 e. The molecule has 0 aliphatic heterocycles. The van der Waals surface area contributed by atoms with Gasteiger partial charge in [-0.05, 0) is 23.4 Å². The number of thiophene rings is 1. The number of amides is 1. The minimum Gasteiger partial charge on any atom is -0.345 e. The van der Waals surface area contributed by atoms with Gasteiger partial charge in [-0.3, -0.25) is 14.6 Å². The van der Waals surface area contributed by atoms with Crippen LogP contribution in [0.25, 0.3) is 10.6 Å². The fraction of sp³-hybridized carbons (Fsp3) is 0.158. The van der Waals surface area contributed by atoms with E-state index >= 15 is 0 Å². The first-order valence-corrected chi connectivity index (χ1v) is 9.44. The summed E-state index contributed by atoms with van der Waals surface area (Å²) in [6, 6.07) is 13.7. The first-order chi connectivity index (χ1) is 13.3. The van der Waals surface area contributed by atoms with Gasteiger partial charge < -0.3 is 5.32 Å². The zero-order chi connectivity index (χ0) is 18.5. The van der Waals surface area contributed by atoms with Gasteiger partial charge in [0.25, 0.3) is 5.91 Å². The van der Waals surface area contributed by atoms with Crippen LogP contribution in [0.2, 0.25) is 0 Å². The number of benzene rings is 1. The number of nitrogens with one attached hydrogen (secondary N) is 2. The van der Waals surface area contributed by atoms with Gasteiger partial charge in [-0.25, -0.2) is 4.98 Å². The summed E-state index contributed by atoms with van der Waals surface area (Å²) >= 11 is 1.57. The maximum absolute atomic E-state index is 13.0. The molecule has 27 heavy (non-hydrogen) atoms. The molecule has 1 atom stereocenters. The normalized spacial score (nSPS) is 12.0. The second-order valence-electron chi connectivity index (χ2n) is 6.02. The molecule has 0 unspecified atom stereocenters. The van der Waals surface area contributed by atoms with Crippen LogP contribution in [0.5, 0.6) is 0 Å². The van der Waals surface area contributed by atoms with Gasteiger partial charge >= 0.3 is 0 Å². The molecule has 0 radical (unpaired) electrons. The highest BCUT2D eigenvalue weighted by molar-refractivity contribution is 7.13. The van der Waals surface area contributed by atoms with Crippen LogP contribution in [0.4, 0.5) is 0 Å². The summed E-state index contributed by atoms with van der Waals surface area (Å²) in [7, 11) is 0. The number of hydrogen-bond donors (Lipinski definition) is 2. The number of nitrogens with zero attached hydrogens (tertiary/aromatic N) is 4. The second kappa shape index (κ2) is 7.96. The molecule has 3 heterocycles. The van der Waals surface area contributed by atoms with Crippen molar-refractivity contribution in [1.29, 1.82) is 0 Å². The largest absolute Gasteiger partial charge is 0.345 e. The fourth-order valence-electron chi connectivity index (χ4n) is 2.92. The van der Waals surface area contributed by atoms with Crippen molar-refractivity contribution in [3.63, 3.8) is 0 Å². The van der Waals surface area contributed by atoms with E-state index in [-0.39, 0.29) is 11.9 Å². The van der Waals surface area contributed by atoms with Crippen molar-refractivity contribution in [1.82, 2.24) is 30.3 Å². The predicted octanol–water partition coefficient (Wildman–Crippen LogP) is 3.29. The summed E-state index contributed by atoms with van der Waals surface area (Å²) in [5, 5.41) is 16.3. The molecule has 1 amide bonds. The SMILES string of the molecule is O=C(N[C@H](CCn1cncn1)c1ccccc1)c1cn[nH]c1-c1cccs1. The van der Waals surface area contributed by atoms with Crippen LogP contribution in [0.1, 0.15) is 28.4 Å². The van der Waals surface area contributed by atoms with Gasteiger partial charge in [0, 0.05) is 6.54 Å². The van der Waals surface area contributed by atoms with Crippen molar-refractivity contribution in [2.75, 3.05) is 0 Å². The molecule has 136 valence electrons. The van der Waals surface area contributed by atoms with E-state index in [1.54, 1.807) is 28.5 Å². The molecule has 8 heteroatoms. The van der Waals surface area contributed by atoms with E-state index in [1.807, 2.05) is 47.8 Å². The first kappa shape index (κ1) is 17.2. The Hall–Kier alpha value is -3.26. The zero-order valence-electron chi connectivity index (χ0n) is 14.4. The van der Waals surface area contributed by atoms with Crippen molar-refractivity contribution >= 4 is 17.2 Å². The molecule has 0 saturated carbocycles. The summed E-state index contributed by atoms with van der Waals surface area (Å²) in [6.45, 7) is 0.656. The van der Waals surface area contributed by atoms with Crippen LogP contribution < -0.4 is 5.32 Å². The maximum atomic E-state index is 13.0. The lowest BCUT2D eigenvalue weighted by Crippen LogP contribution is -2.29. The summed E-state index contributed by atoms with van der Waals surface area (Å²) in [5.41, 5.74) is 2.33. The lowest BCUT2D eigenvalue weighted by Gasteiger charge is -2.19. The van der Waals surface area contributed by atoms with Gasteiger partial charge in [0.05, 0.1) is 28.4 Å². The molecule has 1 aromatic carbocycles. The second-order valence-corrected chi connectivity index (χ2v) is 6.97. The summed E-state index contributed by atoms with van der Waals surface area (Å²) in [4.78, 5) is 17.9. The smallest absolute Gasteiger partial charge is 0.255 e. The Labute approximate surface area is 160 Å². The third-order valence-corrected chi connectivity index (χ3v) is 5.16. The van der Waals surface area contributed by atoms with E-state index < -0.39 is 0 Å². The molecule has 0 aliphatic carbocycles. The molecular weight excluding hydrogens is 360 g/mol. The number of aromatic nitrogens is 5. The molecule has 0 bridgehead atoms. The Balaban J connectivity index is 1.54. The van der Waals surface area contributed by atoms with Crippen molar-refractivity contribution < 1.29 is 4.79 Å². The molecule has 0 saturated heterocycles. The monoisotopic (exact) mass is 378 g/mol. The van der Waals surface area contributed by atoms with E-state index in [2.05, 4.69) is 25.6 Å². The van der Waals surface area contributed by atoms with Gasteiger partial charge in [-0.15, -0.1) is 11.3 Å². The Morgan fingerprint density at radius 1 is 1.22 bits per heavy atom. The van der Waals surface area contributed by atoms with Crippen LogP contribution in [0.15, 0.2) is 66.7 Å². The molecule has 3 aromatic heterocycles. The first-order valence-electron chi connectivity index (χ1n) is 8.57. The van der Waals surface area contributed by atoms with Gasteiger partial charge in [0.2, 0.25) is 0 Å². The molecule has 7 nitrogen and oxygen atoms in total. The summed E-state index contributed by atoms with van der Waals surface area (Å²) in [5.74, 6) is -0.153. The Morgan fingerprint density at radius 3 is 2.85 bits per heavy atom. The van der Waals surface area contributed by atoms with E-state index in [0.29, 0.717) is 18.5 Å². The van der Waals surface area contributed by atoms with E-state index in [9.17, 15) is 4.79 Å². The molecule has 0 fully saturated rings. The van der Waals surface area contributed by atoms with Gasteiger partial charge in [0.15, 0.2) is 0 Å². The van der Waals surface area contributed by atoms with Crippen LogP contribution in [-0.2, 0) is 6.54 Å². The average Bonchev–Trinajstić information content (AvgIpc) is 3.47. The van der Waals surface area contributed by atoms with Crippen LogP contribution in [-0.4, -0.2) is 30.9 Å². The van der Waals surface area contributed by atoms with Crippen molar-refractivity contribution in [3.05, 3.63) is 77.8 Å². The number of aryl methyl sites for hydroxylation is 1. The number of hydrogen-bond acceptors (Lipinski definition) is 5. The third kappa shape index (κ3) is 3.95. The molecule has 4 aromatic rings. The van der Waals surface area contributed by atoms with Gasteiger partial charge in [-0.1, -0.05) is 36.4 Å². The quantitative estimate of drug-likeness (QED) is 0.516. The van der Waals surface area contributed by atoms with E-state index in [0.717, 1.165) is 16.1 Å². The molecule has 0 aliphatic rings. The number of rotatable bonds is 7. The number of aromatic amines is 1. The van der Waals surface area contributed by atoms with Crippen LogP contribution in [0, 0.1) is 0 Å². The lowest BCUT2D eigenvalue weighted by atomic mass is 10.0. The van der Waals surface area contributed by atoms with Crippen molar-refractivity contribution in [2.24, 2.45) is 0 Å². The summed E-state index contributed by atoms with van der Waals surface area (Å²) in [6.07, 6.45) is 5.46. The van der Waals surface area contributed by atoms with Gasteiger partial charge in [0.1, 0.15) is 12.7 Å². The highest BCUT2D eigenvalue weighted by Crippen LogP contribution is 2.26. The molecule has 2 N–H and O–H groups in total.